The van der Waals surface area contributed by atoms with E-state index >= 15 is 0 Å². The van der Waals surface area contributed by atoms with Crippen molar-refractivity contribution in [2.24, 2.45) is 0 Å². The highest BCUT2D eigenvalue weighted by molar-refractivity contribution is 9.09. The van der Waals surface area contributed by atoms with Crippen molar-refractivity contribution in [3.63, 3.8) is 0 Å². The Morgan fingerprint density at radius 1 is 1.25 bits per heavy atom. The third kappa shape index (κ3) is 10.7. The summed E-state index contributed by atoms with van der Waals surface area (Å²) in [6.45, 7) is 3.77. The molecule has 0 aliphatic heterocycles. The Morgan fingerprint density at radius 3 is 2.38 bits per heavy atom. The average Bonchev–Trinajstić information content (AvgIpc) is 2.09. The molecule has 6 heteroatoms. The lowest BCUT2D eigenvalue weighted by Crippen LogP contribution is -2.40. The summed E-state index contributed by atoms with van der Waals surface area (Å²) in [6, 6.07) is 0. The van der Waals surface area contributed by atoms with Crippen LogP contribution in [0.25, 0.3) is 0 Å². The van der Waals surface area contributed by atoms with Gasteiger partial charge in [0.25, 0.3) is 0 Å². The Labute approximate surface area is 103 Å². The van der Waals surface area contributed by atoms with Crippen LogP contribution >= 0.6 is 15.9 Å². The predicted molar refractivity (Wildman–Crippen MR) is 62.0 cm³/mol. The summed E-state index contributed by atoms with van der Waals surface area (Å²) in [5.41, 5.74) is 0.00747. The normalized spacial score (nSPS) is 13.1. The SMILES string of the molecule is CC(C)(CCBr)NCCCOCC(F)(F)F. The number of halogens is 4. The van der Waals surface area contributed by atoms with E-state index in [-0.39, 0.29) is 12.1 Å². The molecule has 0 aromatic rings. The number of ether oxygens (including phenoxy) is 1. The van der Waals surface area contributed by atoms with Crippen LogP contribution in [-0.2, 0) is 4.74 Å². The monoisotopic (exact) mass is 305 g/mol. The second-order valence-electron chi connectivity index (χ2n) is 4.27. The molecule has 0 aromatic heterocycles. The molecule has 0 saturated carbocycles. The standard InChI is InChI=1S/C10H19BrF3NO/c1-9(2,4-5-11)15-6-3-7-16-8-10(12,13)14/h15H,3-8H2,1-2H3. The van der Waals surface area contributed by atoms with E-state index in [4.69, 9.17) is 0 Å². The molecule has 0 aliphatic rings. The molecule has 98 valence electrons. The molecule has 0 radical (unpaired) electrons. The highest BCUT2D eigenvalue weighted by Gasteiger charge is 2.27. The van der Waals surface area contributed by atoms with Crippen molar-refractivity contribution in [2.45, 2.75) is 38.4 Å². The van der Waals surface area contributed by atoms with Crippen LogP contribution in [0.4, 0.5) is 13.2 Å². The van der Waals surface area contributed by atoms with E-state index in [1.54, 1.807) is 0 Å². The minimum absolute atomic E-state index is 0.00747. The second-order valence-corrected chi connectivity index (χ2v) is 5.06. The van der Waals surface area contributed by atoms with Crippen molar-refractivity contribution in [3.8, 4) is 0 Å². The van der Waals surface area contributed by atoms with Gasteiger partial charge in [-0.15, -0.1) is 0 Å². The molecule has 0 atom stereocenters. The van der Waals surface area contributed by atoms with Gasteiger partial charge in [0.05, 0.1) is 0 Å². The molecule has 0 aliphatic carbocycles. The summed E-state index contributed by atoms with van der Waals surface area (Å²) in [4.78, 5) is 0. The van der Waals surface area contributed by atoms with Gasteiger partial charge in [-0.1, -0.05) is 15.9 Å². The van der Waals surface area contributed by atoms with E-state index < -0.39 is 12.8 Å². The maximum absolute atomic E-state index is 11.7. The summed E-state index contributed by atoms with van der Waals surface area (Å²) in [6.07, 6.45) is -2.67. The molecule has 0 aromatic carbocycles. The summed E-state index contributed by atoms with van der Waals surface area (Å²) in [5.74, 6) is 0. The molecule has 1 N–H and O–H groups in total. The summed E-state index contributed by atoms with van der Waals surface area (Å²) >= 11 is 3.35. The van der Waals surface area contributed by atoms with Crippen molar-refractivity contribution < 1.29 is 17.9 Å². The van der Waals surface area contributed by atoms with Crippen LogP contribution in [0, 0.1) is 0 Å². The first-order chi connectivity index (χ1) is 7.27. The maximum Gasteiger partial charge on any atom is 0.411 e. The number of nitrogens with one attached hydrogen (secondary N) is 1. The minimum Gasteiger partial charge on any atom is -0.372 e. The largest absolute Gasteiger partial charge is 0.411 e. The first-order valence-electron chi connectivity index (χ1n) is 5.22. The van der Waals surface area contributed by atoms with Crippen LogP contribution in [0.15, 0.2) is 0 Å². The van der Waals surface area contributed by atoms with Gasteiger partial charge in [-0.3, -0.25) is 0 Å². The van der Waals surface area contributed by atoms with Crippen molar-refractivity contribution in [3.05, 3.63) is 0 Å². The highest BCUT2D eigenvalue weighted by Crippen LogP contribution is 2.14. The Morgan fingerprint density at radius 2 is 1.88 bits per heavy atom. The molecule has 0 saturated heterocycles. The molecule has 0 bridgehead atoms. The summed E-state index contributed by atoms with van der Waals surface area (Å²) < 4.78 is 39.6. The van der Waals surface area contributed by atoms with E-state index in [0.717, 1.165) is 11.8 Å². The van der Waals surface area contributed by atoms with Gasteiger partial charge in [0.15, 0.2) is 0 Å². The van der Waals surface area contributed by atoms with E-state index in [9.17, 15) is 13.2 Å². The third-order valence-corrected chi connectivity index (χ3v) is 2.45. The fourth-order valence-electron chi connectivity index (χ4n) is 1.11. The zero-order valence-electron chi connectivity index (χ0n) is 9.66. The lowest BCUT2D eigenvalue weighted by atomic mass is 10.0. The van der Waals surface area contributed by atoms with Gasteiger partial charge in [0.2, 0.25) is 0 Å². The van der Waals surface area contributed by atoms with E-state index in [0.29, 0.717) is 13.0 Å². The lowest BCUT2D eigenvalue weighted by molar-refractivity contribution is -0.174. The minimum atomic E-state index is -4.22. The average molecular weight is 306 g/mol. The van der Waals surface area contributed by atoms with Crippen molar-refractivity contribution in [1.29, 1.82) is 0 Å². The van der Waals surface area contributed by atoms with Gasteiger partial charge in [-0.2, -0.15) is 13.2 Å². The van der Waals surface area contributed by atoms with Crippen molar-refractivity contribution in [1.82, 2.24) is 5.32 Å². The first-order valence-corrected chi connectivity index (χ1v) is 6.34. The number of alkyl halides is 4. The summed E-state index contributed by atoms with van der Waals surface area (Å²) in [7, 11) is 0. The molecular weight excluding hydrogens is 287 g/mol. The fourth-order valence-corrected chi connectivity index (χ4v) is 2.10. The van der Waals surface area contributed by atoms with E-state index in [1.165, 1.54) is 0 Å². The Kier molecular flexibility index (Phi) is 7.59. The molecule has 0 fully saturated rings. The van der Waals surface area contributed by atoms with Crippen molar-refractivity contribution >= 4 is 15.9 Å². The summed E-state index contributed by atoms with van der Waals surface area (Å²) in [5, 5.41) is 4.17. The van der Waals surface area contributed by atoms with Crippen LogP contribution in [-0.4, -0.2) is 36.8 Å². The van der Waals surface area contributed by atoms with E-state index in [1.807, 2.05) is 0 Å². The lowest BCUT2D eigenvalue weighted by Gasteiger charge is -2.25. The molecule has 0 amide bonds. The smallest absolute Gasteiger partial charge is 0.372 e. The molecule has 0 spiro atoms. The molecule has 0 rings (SSSR count). The fraction of sp³-hybridized carbons (Fsp3) is 1.00. The van der Waals surface area contributed by atoms with E-state index in [2.05, 4.69) is 39.8 Å². The quantitative estimate of drug-likeness (QED) is 0.549. The first kappa shape index (κ1) is 16.2. The molecule has 0 heterocycles. The maximum atomic E-state index is 11.7. The van der Waals surface area contributed by atoms with Crippen LogP contribution in [0.1, 0.15) is 26.7 Å². The Balaban J connectivity index is 3.40. The van der Waals surface area contributed by atoms with Gasteiger partial charge >= 0.3 is 6.18 Å². The van der Waals surface area contributed by atoms with Crippen molar-refractivity contribution in [2.75, 3.05) is 25.1 Å². The number of hydrogen-bond acceptors (Lipinski definition) is 2. The highest BCUT2D eigenvalue weighted by atomic mass is 79.9. The Hall–Kier alpha value is 0.190. The van der Waals surface area contributed by atoms with Gasteiger partial charge < -0.3 is 10.1 Å². The molecular formula is C10H19BrF3NO. The topological polar surface area (TPSA) is 21.3 Å². The van der Waals surface area contributed by atoms with Crippen LogP contribution in [0.5, 0.6) is 0 Å². The predicted octanol–water partition coefficient (Wildman–Crippen LogP) is 3.11. The van der Waals surface area contributed by atoms with Gasteiger partial charge in [0, 0.05) is 17.5 Å². The van der Waals surface area contributed by atoms with Crippen LogP contribution in [0.3, 0.4) is 0 Å². The zero-order chi connectivity index (χ0) is 12.7. The molecule has 16 heavy (non-hydrogen) atoms. The zero-order valence-corrected chi connectivity index (χ0v) is 11.2. The van der Waals surface area contributed by atoms with Gasteiger partial charge in [0.1, 0.15) is 6.61 Å². The van der Waals surface area contributed by atoms with Crippen LogP contribution < -0.4 is 5.32 Å². The third-order valence-electron chi connectivity index (χ3n) is 2.05. The van der Waals surface area contributed by atoms with Crippen LogP contribution in [0.2, 0.25) is 0 Å². The van der Waals surface area contributed by atoms with Gasteiger partial charge in [-0.25, -0.2) is 0 Å². The Bertz CT molecular complexity index is 185. The molecule has 2 nitrogen and oxygen atoms in total. The molecule has 0 unspecified atom stereocenters. The number of hydrogen-bond donors (Lipinski definition) is 1. The van der Waals surface area contributed by atoms with Gasteiger partial charge in [-0.05, 0) is 33.2 Å². The second kappa shape index (κ2) is 7.50. The number of rotatable bonds is 8.